The summed E-state index contributed by atoms with van der Waals surface area (Å²) in [5.74, 6) is 0.356. The van der Waals surface area contributed by atoms with Crippen LogP contribution < -0.4 is 11.1 Å². The minimum Gasteiger partial charge on any atom is -0.347 e. The summed E-state index contributed by atoms with van der Waals surface area (Å²) in [6.45, 7) is 8.06. The Morgan fingerprint density at radius 2 is 1.75 bits per heavy atom. The molecule has 0 fully saturated rings. The molecule has 0 aliphatic carbocycles. The Hall–Kier alpha value is -1.35. The van der Waals surface area contributed by atoms with E-state index in [9.17, 15) is 4.79 Å². The number of carbonyl (C=O) groups is 1. The van der Waals surface area contributed by atoms with Gasteiger partial charge in [0, 0.05) is 0 Å². The highest BCUT2D eigenvalue weighted by atomic mass is 16.2. The van der Waals surface area contributed by atoms with E-state index >= 15 is 0 Å². The van der Waals surface area contributed by atoms with Crippen LogP contribution in [0.2, 0.25) is 0 Å². The molecule has 0 aliphatic rings. The first-order chi connectivity index (χ1) is 9.46. The van der Waals surface area contributed by atoms with E-state index < -0.39 is 5.54 Å². The van der Waals surface area contributed by atoms with E-state index in [2.05, 4.69) is 31.3 Å². The predicted octanol–water partition coefficient (Wildman–Crippen LogP) is 3.41. The maximum absolute atomic E-state index is 12.4. The van der Waals surface area contributed by atoms with Gasteiger partial charge < -0.3 is 11.1 Å². The van der Waals surface area contributed by atoms with Crippen molar-refractivity contribution in [2.24, 2.45) is 11.7 Å². The van der Waals surface area contributed by atoms with Gasteiger partial charge in [-0.25, -0.2) is 0 Å². The molecule has 0 bridgehead atoms. The zero-order valence-electron chi connectivity index (χ0n) is 13.1. The summed E-state index contributed by atoms with van der Waals surface area (Å²) in [6, 6.07) is 10.2. The maximum Gasteiger partial charge on any atom is 0.240 e. The molecule has 1 rings (SSSR count). The van der Waals surface area contributed by atoms with Crippen LogP contribution in [-0.2, 0) is 4.79 Å². The average Bonchev–Trinajstić information content (AvgIpc) is 2.48. The van der Waals surface area contributed by atoms with Gasteiger partial charge >= 0.3 is 0 Å². The van der Waals surface area contributed by atoms with E-state index in [0.717, 1.165) is 18.4 Å². The third kappa shape index (κ3) is 4.07. The molecular formula is C17H28N2O. The molecule has 0 spiro atoms. The van der Waals surface area contributed by atoms with Gasteiger partial charge in [-0.3, -0.25) is 4.79 Å². The van der Waals surface area contributed by atoms with Gasteiger partial charge in [0.25, 0.3) is 0 Å². The lowest BCUT2D eigenvalue weighted by Crippen LogP contribution is -2.52. The molecule has 0 heterocycles. The molecule has 1 aromatic carbocycles. The van der Waals surface area contributed by atoms with Crippen molar-refractivity contribution in [2.45, 2.75) is 58.5 Å². The van der Waals surface area contributed by atoms with Crippen LogP contribution >= 0.6 is 0 Å². The minimum atomic E-state index is -0.806. The van der Waals surface area contributed by atoms with E-state index in [1.54, 1.807) is 6.92 Å². The van der Waals surface area contributed by atoms with Crippen molar-refractivity contribution in [3.63, 3.8) is 0 Å². The summed E-state index contributed by atoms with van der Waals surface area (Å²) >= 11 is 0. The molecule has 3 N–H and O–H groups in total. The van der Waals surface area contributed by atoms with Crippen molar-refractivity contribution in [1.82, 2.24) is 5.32 Å². The molecule has 1 amide bonds. The van der Waals surface area contributed by atoms with E-state index in [0.29, 0.717) is 12.3 Å². The summed E-state index contributed by atoms with van der Waals surface area (Å²) < 4.78 is 0. The van der Waals surface area contributed by atoms with E-state index in [-0.39, 0.29) is 11.9 Å². The van der Waals surface area contributed by atoms with Crippen LogP contribution in [0.15, 0.2) is 30.3 Å². The van der Waals surface area contributed by atoms with Crippen LogP contribution in [0.3, 0.4) is 0 Å². The molecule has 2 atom stereocenters. The highest BCUT2D eigenvalue weighted by Gasteiger charge is 2.30. The molecular weight excluding hydrogens is 248 g/mol. The van der Waals surface area contributed by atoms with Crippen LogP contribution in [0, 0.1) is 5.92 Å². The van der Waals surface area contributed by atoms with Gasteiger partial charge in [0.2, 0.25) is 5.91 Å². The lowest BCUT2D eigenvalue weighted by Gasteiger charge is -2.31. The molecule has 3 heteroatoms. The molecule has 2 unspecified atom stereocenters. The number of hydrogen-bond acceptors (Lipinski definition) is 2. The second-order valence-electron chi connectivity index (χ2n) is 5.71. The van der Waals surface area contributed by atoms with Crippen LogP contribution in [0.25, 0.3) is 0 Å². The van der Waals surface area contributed by atoms with Gasteiger partial charge in [0.15, 0.2) is 0 Å². The van der Waals surface area contributed by atoms with Crippen LogP contribution in [0.4, 0.5) is 0 Å². The first-order valence-corrected chi connectivity index (χ1v) is 7.61. The first-order valence-electron chi connectivity index (χ1n) is 7.61. The zero-order chi connectivity index (χ0) is 15.2. The topological polar surface area (TPSA) is 55.1 Å². The number of nitrogens with one attached hydrogen (secondary N) is 1. The van der Waals surface area contributed by atoms with E-state index in [1.165, 1.54) is 0 Å². The van der Waals surface area contributed by atoms with E-state index in [1.807, 2.05) is 25.1 Å². The van der Waals surface area contributed by atoms with Gasteiger partial charge in [-0.15, -0.1) is 0 Å². The summed E-state index contributed by atoms with van der Waals surface area (Å²) in [5, 5.41) is 3.16. The molecule has 0 aliphatic heterocycles. The molecule has 0 radical (unpaired) electrons. The number of hydrogen-bond donors (Lipinski definition) is 2. The number of rotatable bonds is 7. The standard InChI is InChI=1S/C17H28N2O/c1-5-13(6-2)15(14-11-9-8-10-12-14)19-16(20)17(4,18)7-3/h8-13,15H,5-7,18H2,1-4H3,(H,19,20). The fourth-order valence-corrected chi connectivity index (χ4v) is 2.36. The van der Waals surface area contributed by atoms with Crippen LogP contribution in [0.1, 0.15) is 58.6 Å². The van der Waals surface area contributed by atoms with Gasteiger partial charge in [-0.1, -0.05) is 63.9 Å². The quantitative estimate of drug-likeness (QED) is 0.802. The Morgan fingerprint density at radius 1 is 1.20 bits per heavy atom. The van der Waals surface area contributed by atoms with Crippen molar-refractivity contribution in [2.75, 3.05) is 0 Å². The third-order valence-electron chi connectivity index (χ3n) is 4.22. The molecule has 0 aromatic heterocycles. The monoisotopic (exact) mass is 276 g/mol. The molecule has 112 valence electrons. The Kier molecular flexibility index (Phi) is 6.21. The Bertz CT molecular complexity index is 410. The Balaban J connectivity index is 2.98. The van der Waals surface area contributed by atoms with Crippen molar-refractivity contribution in [3.8, 4) is 0 Å². The molecule has 20 heavy (non-hydrogen) atoms. The molecule has 0 saturated carbocycles. The van der Waals surface area contributed by atoms with Crippen LogP contribution in [0.5, 0.6) is 0 Å². The summed E-state index contributed by atoms with van der Waals surface area (Å²) in [6.07, 6.45) is 2.69. The van der Waals surface area contributed by atoms with Crippen LogP contribution in [-0.4, -0.2) is 11.4 Å². The normalized spacial score (nSPS) is 15.7. The van der Waals surface area contributed by atoms with E-state index in [4.69, 9.17) is 5.73 Å². The molecule has 3 nitrogen and oxygen atoms in total. The smallest absolute Gasteiger partial charge is 0.240 e. The zero-order valence-corrected chi connectivity index (χ0v) is 13.1. The number of amides is 1. The lowest BCUT2D eigenvalue weighted by atomic mass is 9.87. The second-order valence-corrected chi connectivity index (χ2v) is 5.71. The number of benzene rings is 1. The van der Waals surface area contributed by atoms with Crippen molar-refractivity contribution >= 4 is 5.91 Å². The largest absolute Gasteiger partial charge is 0.347 e. The highest BCUT2D eigenvalue weighted by molar-refractivity contribution is 5.85. The van der Waals surface area contributed by atoms with Crippen molar-refractivity contribution in [3.05, 3.63) is 35.9 Å². The fourth-order valence-electron chi connectivity index (χ4n) is 2.36. The first kappa shape index (κ1) is 16.7. The number of nitrogens with two attached hydrogens (primary N) is 1. The van der Waals surface area contributed by atoms with Gasteiger partial charge in [0.05, 0.1) is 11.6 Å². The third-order valence-corrected chi connectivity index (χ3v) is 4.22. The predicted molar refractivity (Wildman–Crippen MR) is 84.3 cm³/mol. The minimum absolute atomic E-state index is 0.0353. The Labute approximate surface area is 122 Å². The highest BCUT2D eigenvalue weighted by Crippen LogP contribution is 2.28. The summed E-state index contributed by atoms with van der Waals surface area (Å²) in [5.41, 5.74) is 6.40. The fraction of sp³-hybridized carbons (Fsp3) is 0.588. The van der Waals surface area contributed by atoms with Crippen molar-refractivity contribution in [1.29, 1.82) is 0 Å². The number of carbonyl (C=O) groups excluding carboxylic acids is 1. The summed E-state index contributed by atoms with van der Waals surface area (Å²) in [4.78, 5) is 12.4. The Morgan fingerprint density at radius 3 is 2.20 bits per heavy atom. The van der Waals surface area contributed by atoms with Gasteiger partial charge in [-0.2, -0.15) is 0 Å². The maximum atomic E-state index is 12.4. The SMILES string of the molecule is CCC(CC)C(NC(=O)C(C)(N)CC)c1ccccc1. The van der Waals surface area contributed by atoms with Gasteiger partial charge in [-0.05, 0) is 24.8 Å². The lowest BCUT2D eigenvalue weighted by molar-refractivity contribution is -0.127. The average molecular weight is 276 g/mol. The van der Waals surface area contributed by atoms with Gasteiger partial charge in [0.1, 0.15) is 0 Å². The second kappa shape index (κ2) is 7.44. The molecule has 1 aromatic rings. The van der Waals surface area contributed by atoms with Crippen molar-refractivity contribution < 1.29 is 4.79 Å². The summed E-state index contributed by atoms with van der Waals surface area (Å²) in [7, 11) is 0. The molecule has 0 saturated heterocycles.